The van der Waals surface area contributed by atoms with E-state index in [1.165, 1.54) is 4.68 Å². The van der Waals surface area contributed by atoms with Crippen LogP contribution in [0.4, 0.5) is 0 Å². The molecule has 0 saturated carbocycles. The number of amides is 1. The molecule has 0 atom stereocenters. The van der Waals surface area contributed by atoms with Crippen molar-refractivity contribution in [2.45, 2.75) is 39.1 Å². The third-order valence-corrected chi connectivity index (χ3v) is 2.83. The average molecular weight is 303 g/mol. The van der Waals surface area contributed by atoms with Crippen LogP contribution in [0.15, 0.2) is 0 Å². The normalized spacial score (nSPS) is 10.3. The lowest BCUT2D eigenvalue weighted by Gasteiger charge is -2.06. The summed E-state index contributed by atoms with van der Waals surface area (Å²) in [6.45, 7) is 4.58. The van der Waals surface area contributed by atoms with Crippen LogP contribution in [0.1, 0.15) is 42.9 Å². The minimum Gasteiger partial charge on any atom is -0.461 e. The van der Waals surface area contributed by atoms with E-state index in [2.05, 4.69) is 15.6 Å². The van der Waals surface area contributed by atoms with E-state index >= 15 is 0 Å². The molecule has 1 N–H and O–H groups in total. The second-order valence-corrected chi connectivity index (χ2v) is 4.37. The van der Waals surface area contributed by atoms with E-state index in [0.29, 0.717) is 12.2 Å². The summed E-state index contributed by atoms with van der Waals surface area (Å²) >= 11 is 5.79. The van der Waals surface area contributed by atoms with Crippen LogP contribution in [0.2, 0.25) is 0 Å². The fourth-order valence-electron chi connectivity index (χ4n) is 1.55. The zero-order chi connectivity index (χ0) is 15.0. The lowest BCUT2D eigenvalue weighted by atomic mass is 10.3. The number of carbonyl (C=O) groups is 2. The van der Waals surface area contributed by atoms with E-state index in [1.807, 2.05) is 6.92 Å². The highest BCUT2D eigenvalue weighted by Gasteiger charge is 2.21. The van der Waals surface area contributed by atoms with Gasteiger partial charge in [0.25, 0.3) is 0 Å². The first-order valence-corrected chi connectivity index (χ1v) is 7.09. The van der Waals surface area contributed by atoms with Crippen molar-refractivity contribution in [1.29, 1.82) is 0 Å². The fraction of sp³-hybridized carbons (Fsp3) is 0.667. The molecule has 7 nitrogen and oxygen atoms in total. The molecule has 0 unspecified atom stereocenters. The largest absolute Gasteiger partial charge is 0.461 e. The molecule has 8 heteroatoms. The van der Waals surface area contributed by atoms with Crippen molar-refractivity contribution in [3.8, 4) is 0 Å². The summed E-state index contributed by atoms with van der Waals surface area (Å²) in [5, 5.41) is 10.3. The lowest BCUT2D eigenvalue weighted by Crippen LogP contribution is -2.29. The Labute approximate surface area is 122 Å². The maximum atomic E-state index is 11.7. The van der Waals surface area contributed by atoms with Crippen molar-refractivity contribution in [3.63, 3.8) is 0 Å². The molecule has 0 bridgehead atoms. The van der Waals surface area contributed by atoms with E-state index in [4.69, 9.17) is 16.3 Å². The molecule has 112 valence electrons. The SMILES string of the molecule is CCCCNC(=O)Cn1nnc(C(=O)OCC)c1CCl. The van der Waals surface area contributed by atoms with E-state index in [1.54, 1.807) is 6.92 Å². The molecule has 1 rings (SSSR count). The predicted molar refractivity (Wildman–Crippen MR) is 73.5 cm³/mol. The zero-order valence-corrected chi connectivity index (χ0v) is 12.4. The fourth-order valence-corrected chi connectivity index (χ4v) is 1.81. The van der Waals surface area contributed by atoms with Crippen LogP contribution in [0, 0.1) is 0 Å². The summed E-state index contributed by atoms with van der Waals surface area (Å²) in [6, 6.07) is 0. The quantitative estimate of drug-likeness (QED) is 0.441. The predicted octanol–water partition coefficient (Wildman–Crippen LogP) is 1.11. The number of halogens is 1. The minimum atomic E-state index is -0.583. The highest BCUT2D eigenvalue weighted by atomic mass is 35.5. The van der Waals surface area contributed by atoms with E-state index in [9.17, 15) is 9.59 Å². The van der Waals surface area contributed by atoms with Crippen molar-refractivity contribution in [3.05, 3.63) is 11.4 Å². The topological polar surface area (TPSA) is 86.1 Å². The summed E-state index contributed by atoms with van der Waals surface area (Å²) in [7, 11) is 0. The number of nitrogens with one attached hydrogen (secondary N) is 1. The third-order valence-electron chi connectivity index (χ3n) is 2.58. The van der Waals surface area contributed by atoms with Crippen molar-refractivity contribution in [1.82, 2.24) is 20.3 Å². The number of alkyl halides is 1. The Bertz CT molecular complexity index is 462. The van der Waals surface area contributed by atoms with E-state index in [0.717, 1.165) is 12.8 Å². The molecule has 20 heavy (non-hydrogen) atoms. The van der Waals surface area contributed by atoms with Crippen LogP contribution in [-0.2, 0) is 22.0 Å². The molecular formula is C12H19ClN4O3. The molecule has 0 saturated heterocycles. The summed E-state index contributed by atoms with van der Waals surface area (Å²) in [5.41, 5.74) is 0.443. The highest BCUT2D eigenvalue weighted by molar-refractivity contribution is 6.17. The Balaban J connectivity index is 2.71. The van der Waals surface area contributed by atoms with E-state index in [-0.39, 0.29) is 30.6 Å². The van der Waals surface area contributed by atoms with Gasteiger partial charge in [-0.2, -0.15) is 0 Å². The van der Waals surface area contributed by atoms with Gasteiger partial charge in [0.05, 0.1) is 18.2 Å². The first kappa shape index (κ1) is 16.4. The van der Waals surface area contributed by atoms with Crippen molar-refractivity contribution >= 4 is 23.5 Å². The van der Waals surface area contributed by atoms with E-state index < -0.39 is 5.97 Å². The number of nitrogens with zero attached hydrogens (tertiary/aromatic N) is 3. The van der Waals surface area contributed by atoms with Gasteiger partial charge in [0.1, 0.15) is 6.54 Å². The molecule has 0 aromatic carbocycles. The minimum absolute atomic E-state index is 0.0157. The molecular weight excluding hydrogens is 284 g/mol. The van der Waals surface area contributed by atoms with Gasteiger partial charge in [0.2, 0.25) is 5.91 Å². The molecule has 0 fully saturated rings. The third kappa shape index (κ3) is 4.48. The number of hydrogen-bond acceptors (Lipinski definition) is 5. The standard InChI is InChI=1S/C12H19ClN4O3/c1-3-5-6-14-10(18)8-17-9(7-13)11(15-16-17)12(19)20-4-2/h3-8H2,1-2H3,(H,14,18). The van der Waals surface area contributed by atoms with Gasteiger partial charge in [0, 0.05) is 6.54 Å². The Morgan fingerprint density at radius 3 is 2.75 bits per heavy atom. The number of hydrogen-bond donors (Lipinski definition) is 1. The van der Waals surface area contributed by atoms with Crippen LogP contribution in [0.5, 0.6) is 0 Å². The Hall–Kier alpha value is -1.63. The number of ether oxygens (including phenoxy) is 1. The molecule has 1 aromatic heterocycles. The molecule has 0 radical (unpaired) electrons. The Kier molecular flexibility index (Phi) is 7.00. The molecule has 0 aliphatic heterocycles. The Morgan fingerprint density at radius 1 is 1.40 bits per heavy atom. The second kappa shape index (κ2) is 8.52. The number of esters is 1. The van der Waals surface area contributed by atoms with Crippen LogP contribution in [0.3, 0.4) is 0 Å². The van der Waals surface area contributed by atoms with Gasteiger partial charge in [0.15, 0.2) is 5.69 Å². The van der Waals surface area contributed by atoms with Crippen LogP contribution < -0.4 is 5.32 Å². The smallest absolute Gasteiger partial charge is 0.360 e. The van der Waals surface area contributed by atoms with Gasteiger partial charge in [-0.15, -0.1) is 16.7 Å². The van der Waals surface area contributed by atoms with Crippen LogP contribution >= 0.6 is 11.6 Å². The average Bonchev–Trinajstić information content (AvgIpc) is 2.82. The van der Waals surface area contributed by atoms with Gasteiger partial charge in [-0.25, -0.2) is 9.48 Å². The number of aromatic nitrogens is 3. The van der Waals surface area contributed by atoms with Crippen LogP contribution in [0.25, 0.3) is 0 Å². The van der Waals surface area contributed by atoms with Gasteiger partial charge in [-0.3, -0.25) is 4.79 Å². The number of rotatable bonds is 8. The zero-order valence-electron chi connectivity index (χ0n) is 11.7. The summed E-state index contributed by atoms with van der Waals surface area (Å²) < 4.78 is 6.17. The summed E-state index contributed by atoms with van der Waals surface area (Å²) in [6.07, 6.45) is 1.92. The molecule has 1 aromatic rings. The van der Waals surface area contributed by atoms with Gasteiger partial charge >= 0.3 is 5.97 Å². The molecule has 0 aliphatic carbocycles. The lowest BCUT2D eigenvalue weighted by molar-refractivity contribution is -0.121. The molecule has 0 aliphatic rings. The second-order valence-electron chi connectivity index (χ2n) is 4.10. The first-order valence-electron chi connectivity index (χ1n) is 6.56. The highest BCUT2D eigenvalue weighted by Crippen LogP contribution is 2.10. The van der Waals surface area contributed by atoms with Crippen LogP contribution in [-0.4, -0.2) is 40.0 Å². The molecule has 0 spiro atoms. The van der Waals surface area contributed by atoms with Crippen molar-refractivity contribution in [2.24, 2.45) is 0 Å². The summed E-state index contributed by atoms with van der Waals surface area (Å²) in [4.78, 5) is 23.3. The number of carbonyl (C=O) groups excluding carboxylic acids is 2. The van der Waals surface area contributed by atoms with Gasteiger partial charge < -0.3 is 10.1 Å². The van der Waals surface area contributed by atoms with Crippen molar-refractivity contribution in [2.75, 3.05) is 13.2 Å². The number of unbranched alkanes of at least 4 members (excludes halogenated alkanes) is 1. The summed E-state index contributed by atoms with van der Waals surface area (Å²) in [5.74, 6) is -0.741. The molecule has 1 amide bonds. The van der Waals surface area contributed by atoms with Gasteiger partial charge in [-0.1, -0.05) is 18.6 Å². The maximum absolute atomic E-state index is 11.7. The monoisotopic (exact) mass is 302 g/mol. The first-order chi connectivity index (χ1) is 9.63. The molecule has 1 heterocycles. The van der Waals surface area contributed by atoms with Gasteiger partial charge in [-0.05, 0) is 13.3 Å². The Morgan fingerprint density at radius 2 is 2.15 bits per heavy atom. The van der Waals surface area contributed by atoms with Crippen molar-refractivity contribution < 1.29 is 14.3 Å². The maximum Gasteiger partial charge on any atom is 0.360 e.